The Balaban J connectivity index is 2.28. The summed E-state index contributed by atoms with van der Waals surface area (Å²) in [7, 11) is 0. The summed E-state index contributed by atoms with van der Waals surface area (Å²) >= 11 is 1.11. The molecule has 0 atom stereocenters. The minimum absolute atomic E-state index is 0.782. The van der Waals surface area contributed by atoms with Gasteiger partial charge in [0.15, 0.2) is 0 Å². The minimum atomic E-state index is 0.782. The van der Waals surface area contributed by atoms with Gasteiger partial charge in [-0.25, -0.2) is 4.41 Å². The van der Waals surface area contributed by atoms with Gasteiger partial charge in [0.05, 0.1) is 25.2 Å². The van der Waals surface area contributed by atoms with Gasteiger partial charge in [0.25, 0.3) is 0 Å². The van der Waals surface area contributed by atoms with Gasteiger partial charge in [-0.3, -0.25) is 5.14 Å². The molecular formula is C2H6N4S. The third kappa shape index (κ3) is 1.04. The highest BCUT2D eigenvalue weighted by Gasteiger charge is 2.02. The fourth-order valence-corrected chi connectivity index (χ4v) is 0.645. The molecule has 2 N–H and O–H groups in total. The zero-order chi connectivity index (χ0) is 5.11. The second-order valence-electron chi connectivity index (χ2n) is 1.14. The zero-order valence-electron chi connectivity index (χ0n) is 3.74. The molecule has 0 unspecified atom stereocenters. The molecule has 1 rings (SSSR count). The van der Waals surface area contributed by atoms with Crippen molar-refractivity contribution in [3.05, 3.63) is 0 Å². The van der Waals surface area contributed by atoms with Crippen molar-refractivity contribution in [1.82, 2.24) is 4.41 Å². The highest BCUT2D eigenvalue weighted by molar-refractivity contribution is 7.94. The van der Waals surface area contributed by atoms with Gasteiger partial charge in [0.1, 0.15) is 0 Å². The van der Waals surface area contributed by atoms with E-state index in [0.717, 1.165) is 25.2 Å². The summed E-state index contributed by atoms with van der Waals surface area (Å²) in [6.07, 6.45) is 0. The molecule has 1 aliphatic rings. The lowest BCUT2D eigenvalue weighted by Crippen LogP contribution is -2.08. The number of hydrogen-bond acceptors (Lipinski definition) is 5. The summed E-state index contributed by atoms with van der Waals surface area (Å²) in [5.41, 5.74) is 0. The van der Waals surface area contributed by atoms with Crippen LogP contribution in [0, 0.1) is 0 Å². The van der Waals surface area contributed by atoms with E-state index in [1.807, 2.05) is 0 Å². The molecule has 40 valence electrons. The predicted molar refractivity (Wildman–Crippen MR) is 28.2 cm³/mol. The Morgan fingerprint density at radius 3 is 2.86 bits per heavy atom. The summed E-state index contributed by atoms with van der Waals surface area (Å²) in [6, 6.07) is 0. The average Bonchev–Trinajstić information content (AvgIpc) is 2.14. The van der Waals surface area contributed by atoms with E-state index in [-0.39, 0.29) is 0 Å². The van der Waals surface area contributed by atoms with Gasteiger partial charge in [0.2, 0.25) is 0 Å². The van der Waals surface area contributed by atoms with Crippen molar-refractivity contribution >= 4 is 12.1 Å². The van der Waals surface area contributed by atoms with E-state index in [1.165, 1.54) is 0 Å². The van der Waals surface area contributed by atoms with Crippen LogP contribution in [0.25, 0.3) is 0 Å². The van der Waals surface area contributed by atoms with Gasteiger partial charge in [0, 0.05) is 0 Å². The molecular weight excluding hydrogens is 112 g/mol. The fraction of sp³-hybridized carbons (Fsp3) is 1.00. The van der Waals surface area contributed by atoms with Crippen LogP contribution in [0.1, 0.15) is 0 Å². The van der Waals surface area contributed by atoms with Crippen molar-refractivity contribution in [3.63, 3.8) is 0 Å². The summed E-state index contributed by atoms with van der Waals surface area (Å²) < 4.78 is 1.64. The molecule has 1 heterocycles. The largest absolute Gasteiger partial charge is 0.258 e. The van der Waals surface area contributed by atoms with Crippen LogP contribution in [0.2, 0.25) is 0 Å². The molecule has 0 aromatic heterocycles. The number of nitrogens with zero attached hydrogens (tertiary/aromatic N) is 3. The molecule has 0 fully saturated rings. The molecule has 0 radical (unpaired) electrons. The second kappa shape index (κ2) is 2.13. The highest BCUT2D eigenvalue weighted by Crippen LogP contribution is 2.06. The highest BCUT2D eigenvalue weighted by atomic mass is 32.2. The van der Waals surface area contributed by atoms with Crippen LogP contribution in [0.3, 0.4) is 0 Å². The Kier molecular flexibility index (Phi) is 1.48. The number of hydrogen-bond donors (Lipinski definition) is 1. The Hall–Kier alpha value is -0.290. The van der Waals surface area contributed by atoms with Crippen molar-refractivity contribution in [3.8, 4) is 0 Å². The van der Waals surface area contributed by atoms with E-state index >= 15 is 0 Å². The molecule has 5 heteroatoms. The third-order valence-corrected chi connectivity index (χ3v) is 1.17. The van der Waals surface area contributed by atoms with Crippen LogP contribution in [0.15, 0.2) is 10.3 Å². The number of nitrogens with two attached hydrogens (primary N) is 1. The van der Waals surface area contributed by atoms with E-state index in [4.69, 9.17) is 5.14 Å². The molecule has 4 nitrogen and oxygen atoms in total. The minimum Gasteiger partial charge on any atom is -0.258 e. The summed E-state index contributed by atoms with van der Waals surface area (Å²) in [6.45, 7) is 1.63. The maximum absolute atomic E-state index is 5.12. The standard InChI is InChI=1S/C2H6N4S/c3-7-6-2-1-4-5-6/h1-3H2. The van der Waals surface area contributed by atoms with Crippen molar-refractivity contribution in [2.45, 2.75) is 0 Å². The molecule has 0 bridgehead atoms. The molecule has 0 aromatic rings. The first kappa shape index (κ1) is 4.86. The normalized spacial score (nSPS) is 18.7. The molecule has 0 saturated carbocycles. The Labute approximate surface area is 46.0 Å². The Bertz CT molecular complexity index is 81.8. The molecule has 0 aromatic carbocycles. The van der Waals surface area contributed by atoms with Crippen LogP contribution >= 0.6 is 12.1 Å². The Morgan fingerprint density at radius 1 is 1.71 bits per heavy atom. The fourth-order valence-electron chi connectivity index (χ4n) is 0.364. The van der Waals surface area contributed by atoms with Crippen LogP contribution in [-0.4, -0.2) is 17.5 Å². The molecule has 0 aliphatic carbocycles. The van der Waals surface area contributed by atoms with E-state index in [0.29, 0.717) is 0 Å². The maximum Gasteiger partial charge on any atom is 0.0824 e. The Morgan fingerprint density at radius 2 is 2.57 bits per heavy atom. The summed E-state index contributed by atoms with van der Waals surface area (Å²) in [5, 5.41) is 12.5. The first-order chi connectivity index (χ1) is 3.43. The van der Waals surface area contributed by atoms with Crippen LogP contribution in [0.5, 0.6) is 0 Å². The van der Waals surface area contributed by atoms with Crippen molar-refractivity contribution < 1.29 is 0 Å². The van der Waals surface area contributed by atoms with Crippen molar-refractivity contribution in [1.29, 1.82) is 0 Å². The van der Waals surface area contributed by atoms with E-state index in [1.54, 1.807) is 4.41 Å². The van der Waals surface area contributed by atoms with Crippen LogP contribution in [-0.2, 0) is 0 Å². The van der Waals surface area contributed by atoms with E-state index in [9.17, 15) is 0 Å². The quantitative estimate of drug-likeness (QED) is 0.500. The zero-order valence-corrected chi connectivity index (χ0v) is 4.56. The topological polar surface area (TPSA) is 54.0 Å². The van der Waals surface area contributed by atoms with Crippen molar-refractivity contribution in [2.24, 2.45) is 15.5 Å². The van der Waals surface area contributed by atoms with Crippen molar-refractivity contribution in [2.75, 3.05) is 13.1 Å². The van der Waals surface area contributed by atoms with E-state index < -0.39 is 0 Å². The summed E-state index contributed by atoms with van der Waals surface area (Å²) in [5.74, 6) is 0. The van der Waals surface area contributed by atoms with Crippen LogP contribution < -0.4 is 5.14 Å². The molecule has 0 saturated heterocycles. The monoisotopic (exact) mass is 118 g/mol. The summed E-state index contributed by atoms with van der Waals surface area (Å²) in [4.78, 5) is 0. The van der Waals surface area contributed by atoms with Gasteiger partial charge >= 0.3 is 0 Å². The van der Waals surface area contributed by atoms with Gasteiger partial charge < -0.3 is 0 Å². The van der Waals surface area contributed by atoms with Gasteiger partial charge in [-0.05, 0) is 0 Å². The molecule has 0 amide bonds. The first-order valence-electron chi connectivity index (χ1n) is 1.95. The average molecular weight is 118 g/mol. The van der Waals surface area contributed by atoms with E-state index in [2.05, 4.69) is 10.3 Å². The molecule has 1 aliphatic heterocycles. The second-order valence-corrected chi connectivity index (χ2v) is 1.77. The lowest BCUT2D eigenvalue weighted by Gasteiger charge is -2.01. The predicted octanol–water partition coefficient (Wildman–Crippen LogP) is 0.191. The smallest absolute Gasteiger partial charge is 0.0824 e. The number of rotatable bonds is 1. The van der Waals surface area contributed by atoms with Crippen LogP contribution in [0.4, 0.5) is 0 Å². The van der Waals surface area contributed by atoms with Gasteiger partial charge in [-0.1, -0.05) is 5.22 Å². The first-order valence-corrected chi connectivity index (χ1v) is 2.79. The molecule has 7 heavy (non-hydrogen) atoms. The maximum atomic E-state index is 5.12. The lowest BCUT2D eigenvalue weighted by molar-refractivity contribution is 0.560. The molecule has 0 spiro atoms. The van der Waals surface area contributed by atoms with Gasteiger partial charge in [-0.2, -0.15) is 5.11 Å². The third-order valence-electron chi connectivity index (χ3n) is 0.676. The SMILES string of the molecule is NSN1CCN=N1. The lowest BCUT2D eigenvalue weighted by atomic mass is 10.7. The van der Waals surface area contributed by atoms with Gasteiger partial charge in [-0.15, -0.1) is 0 Å².